The predicted molar refractivity (Wildman–Crippen MR) is 92.5 cm³/mol. The molecule has 0 saturated heterocycles. The standard InChI is InChI=1S/C13H20NO8PS2/c1-4-21-23(17,22-5-2)24-12-8-10(6-7-11(12)20-3)25(18,19)14-9-13(15)16/h6-8,14H,4-5,9H2,1-3H3,(H,15,16). The molecule has 0 unspecified atom stereocenters. The first-order chi connectivity index (χ1) is 11.7. The Morgan fingerprint density at radius 3 is 2.36 bits per heavy atom. The van der Waals surface area contributed by atoms with Gasteiger partial charge in [-0.05, 0) is 43.4 Å². The van der Waals surface area contributed by atoms with E-state index >= 15 is 0 Å². The summed E-state index contributed by atoms with van der Waals surface area (Å²) in [4.78, 5) is 10.6. The maximum Gasteiger partial charge on any atom is 0.393 e. The van der Waals surface area contributed by atoms with Gasteiger partial charge in [0.25, 0.3) is 0 Å². The van der Waals surface area contributed by atoms with E-state index in [2.05, 4.69) is 0 Å². The van der Waals surface area contributed by atoms with Gasteiger partial charge in [-0.3, -0.25) is 4.79 Å². The number of carbonyl (C=O) groups is 1. The Balaban J connectivity index is 3.22. The number of benzene rings is 1. The van der Waals surface area contributed by atoms with Gasteiger partial charge in [0, 0.05) is 0 Å². The summed E-state index contributed by atoms with van der Waals surface area (Å²) >= 11 is 0.724. The first kappa shape index (κ1) is 21.9. The lowest BCUT2D eigenvalue weighted by molar-refractivity contribution is -0.135. The van der Waals surface area contributed by atoms with E-state index in [1.165, 1.54) is 25.3 Å². The van der Waals surface area contributed by atoms with Crippen LogP contribution in [-0.2, 0) is 28.4 Å². The van der Waals surface area contributed by atoms with Gasteiger partial charge >= 0.3 is 12.8 Å². The van der Waals surface area contributed by atoms with E-state index in [-0.39, 0.29) is 28.8 Å². The molecular weight excluding hydrogens is 393 g/mol. The zero-order valence-corrected chi connectivity index (χ0v) is 16.4. The molecule has 12 heteroatoms. The highest BCUT2D eigenvalue weighted by Crippen LogP contribution is 2.65. The van der Waals surface area contributed by atoms with Crippen molar-refractivity contribution in [3.63, 3.8) is 0 Å². The van der Waals surface area contributed by atoms with Crippen LogP contribution in [0.25, 0.3) is 0 Å². The molecule has 0 aliphatic rings. The maximum absolute atomic E-state index is 12.6. The summed E-state index contributed by atoms with van der Waals surface area (Å²) in [7, 11) is -2.68. The number of rotatable bonds is 11. The molecule has 0 amide bonds. The lowest BCUT2D eigenvalue weighted by Crippen LogP contribution is -2.29. The summed E-state index contributed by atoms with van der Waals surface area (Å²) in [5, 5.41) is 8.61. The SMILES string of the molecule is CCOP(=O)(OCC)Sc1cc(S(=O)(=O)NCC(=O)O)ccc1OC. The van der Waals surface area contributed by atoms with Gasteiger partial charge in [0.05, 0.1) is 30.1 Å². The molecule has 142 valence electrons. The highest BCUT2D eigenvalue weighted by Gasteiger charge is 2.28. The van der Waals surface area contributed by atoms with Crippen molar-refractivity contribution in [2.45, 2.75) is 23.6 Å². The van der Waals surface area contributed by atoms with Crippen LogP contribution in [0.15, 0.2) is 28.0 Å². The van der Waals surface area contributed by atoms with E-state index in [4.69, 9.17) is 18.9 Å². The molecule has 0 aliphatic heterocycles. The van der Waals surface area contributed by atoms with E-state index in [1.807, 2.05) is 4.72 Å². The number of hydrogen-bond donors (Lipinski definition) is 2. The molecule has 0 fully saturated rings. The van der Waals surface area contributed by atoms with Gasteiger partial charge in [0.1, 0.15) is 12.3 Å². The van der Waals surface area contributed by atoms with Crippen LogP contribution in [0.2, 0.25) is 0 Å². The summed E-state index contributed by atoms with van der Waals surface area (Å²) < 4.78 is 54.4. The van der Waals surface area contributed by atoms with Crippen molar-refractivity contribution in [3.8, 4) is 5.75 Å². The van der Waals surface area contributed by atoms with Crippen LogP contribution in [0, 0.1) is 0 Å². The smallest absolute Gasteiger partial charge is 0.393 e. The van der Waals surface area contributed by atoms with E-state index in [0.29, 0.717) is 0 Å². The summed E-state index contributed by atoms with van der Waals surface area (Å²) in [5.41, 5.74) is 0. The molecule has 1 aromatic carbocycles. The van der Waals surface area contributed by atoms with Crippen molar-refractivity contribution in [2.75, 3.05) is 26.9 Å². The van der Waals surface area contributed by atoms with Gasteiger partial charge < -0.3 is 18.9 Å². The largest absolute Gasteiger partial charge is 0.496 e. The fourth-order valence-corrected chi connectivity index (χ4v) is 6.31. The first-order valence-corrected chi connectivity index (χ1v) is 11.6. The molecule has 25 heavy (non-hydrogen) atoms. The molecule has 0 heterocycles. The topological polar surface area (TPSA) is 128 Å². The molecule has 0 aromatic heterocycles. The third-order valence-corrected chi connectivity index (χ3v) is 7.82. The van der Waals surface area contributed by atoms with Gasteiger partial charge in [-0.15, -0.1) is 0 Å². The second-order valence-electron chi connectivity index (χ2n) is 4.41. The lowest BCUT2D eigenvalue weighted by Gasteiger charge is -2.18. The number of carboxylic acid groups (broad SMARTS) is 1. The fourth-order valence-electron chi connectivity index (χ4n) is 1.66. The van der Waals surface area contributed by atoms with E-state index in [1.54, 1.807) is 13.8 Å². The van der Waals surface area contributed by atoms with E-state index < -0.39 is 29.3 Å². The maximum atomic E-state index is 12.6. The average molecular weight is 413 g/mol. The Labute approximate surface area is 150 Å². The summed E-state index contributed by atoms with van der Waals surface area (Å²) in [5.74, 6) is -1.04. The van der Waals surface area contributed by atoms with Gasteiger partial charge in [0.15, 0.2) is 0 Å². The molecule has 2 N–H and O–H groups in total. The van der Waals surface area contributed by atoms with Crippen LogP contribution in [0.3, 0.4) is 0 Å². The van der Waals surface area contributed by atoms with Crippen molar-refractivity contribution >= 4 is 34.2 Å². The molecular formula is C13H20NO8PS2. The second-order valence-corrected chi connectivity index (χ2v) is 10.1. The van der Waals surface area contributed by atoms with Crippen molar-refractivity contribution in [1.82, 2.24) is 4.72 Å². The highest BCUT2D eigenvalue weighted by molar-refractivity contribution is 8.55. The Morgan fingerprint density at radius 2 is 1.88 bits per heavy atom. The molecule has 0 bridgehead atoms. The zero-order chi connectivity index (χ0) is 19.1. The third-order valence-electron chi connectivity index (χ3n) is 2.64. The molecule has 9 nitrogen and oxygen atoms in total. The Morgan fingerprint density at radius 1 is 1.28 bits per heavy atom. The van der Waals surface area contributed by atoms with Crippen molar-refractivity contribution in [2.24, 2.45) is 0 Å². The van der Waals surface area contributed by atoms with E-state index in [9.17, 15) is 17.8 Å². The van der Waals surface area contributed by atoms with Crippen LogP contribution in [0.5, 0.6) is 5.75 Å². The monoisotopic (exact) mass is 413 g/mol. The molecule has 0 aliphatic carbocycles. The molecule has 1 aromatic rings. The Kier molecular flexibility index (Phi) is 8.39. The van der Waals surface area contributed by atoms with Crippen molar-refractivity contribution < 1.29 is 36.7 Å². The minimum atomic E-state index is -4.05. The predicted octanol–water partition coefficient (Wildman–Crippen LogP) is 2.33. The lowest BCUT2D eigenvalue weighted by atomic mass is 10.3. The second kappa shape index (κ2) is 9.56. The van der Waals surface area contributed by atoms with Crippen LogP contribution < -0.4 is 9.46 Å². The van der Waals surface area contributed by atoms with Crippen molar-refractivity contribution in [1.29, 1.82) is 0 Å². The minimum Gasteiger partial charge on any atom is -0.496 e. The number of aliphatic carboxylic acids is 1. The first-order valence-electron chi connectivity index (χ1n) is 7.15. The zero-order valence-electron chi connectivity index (χ0n) is 13.9. The number of sulfonamides is 1. The summed E-state index contributed by atoms with van der Waals surface area (Å²) in [6, 6.07) is 3.84. The number of carboxylic acids is 1. The van der Waals surface area contributed by atoms with Crippen LogP contribution in [-0.4, -0.2) is 46.4 Å². The minimum absolute atomic E-state index is 0.144. The fraction of sp³-hybridized carbons (Fsp3) is 0.462. The Hall–Kier alpha value is -1.10. The number of nitrogens with one attached hydrogen (secondary N) is 1. The normalized spacial score (nSPS) is 12.1. The van der Waals surface area contributed by atoms with Crippen LogP contribution >= 0.6 is 18.2 Å². The third kappa shape index (κ3) is 6.61. The van der Waals surface area contributed by atoms with E-state index in [0.717, 1.165) is 11.4 Å². The molecule has 1 rings (SSSR count). The molecule has 0 radical (unpaired) electrons. The number of hydrogen-bond acceptors (Lipinski definition) is 8. The van der Waals surface area contributed by atoms with Gasteiger partial charge in [-0.1, -0.05) is 0 Å². The number of ether oxygens (including phenoxy) is 1. The Bertz CT molecular complexity index is 742. The quantitative estimate of drug-likeness (QED) is 0.525. The van der Waals surface area contributed by atoms with Crippen LogP contribution in [0.4, 0.5) is 0 Å². The molecule has 0 saturated carbocycles. The summed E-state index contributed by atoms with van der Waals surface area (Å²) in [6.07, 6.45) is 0. The highest BCUT2D eigenvalue weighted by atomic mass is 32.7. The van der Waals surface area contributed by atoms with Gasteiger partial charge in [-0.25, -0.2) is 13.0 Å². The summed E-state index contributed by atoms with van der Waals surface area (Å²) in [6.45, 7) is -0.721. The van der Waals surface area contributed by atoms with Gasteiger partial charge in [-0.2, -0.15) is 4.72 Å². The van der Waals surface area contributed by atoms with Crippen LogP contribution in [0.1, 0.15) is 13.8 Å². The number of methoxy groups -OCH3 is 1. The average Bonchev–Trinajstić information content (AvgIpc) is 2.53. The van der Waals surface area contributed by atoms with Gasteiger partial charge in [0.2, 0.25) is 10.0 Å². The van der Waals surface area contributed by atoms with Crippen molar-refractivity contribution in [3.05, 3.63) is 18.2 Å². The molecule has 0 atom stereocenters. The molecule has 0 spiro atoms.